The summed E-state index contributed by atoms with van der Waals surface area (Å²) in [6.07, 6.45) is 3.35. The van der Waals surface area contributed by atoms with Crippen molar-refractivity contribution in [1.29, 1.82) is 0 Å². The molecule has 2 aromatic carbocycles. The van der Waals surface area contributed by atoms with E-state index in [9.17, 15) is 4.79 Å². The molecule has 0 saturated carbocycles. The van der Waals surface area contributed by atoms with Gasteiger partial charge < -0.3 is 14.8 Å². The molecule has 0 bridgehead atoms. The molecule has 0 spiro atoms. The van der Waals surface area contributed by atoms with Gasteiger partial charge in [-0.25, -0.2) is 14.6 Å². The van der Waals surface area contributed by atoms with Crippen LogP contribution < -0.4 is 14.8 Å². The van der Waals surface area contributed by atoms with Gasteiger partial charge in [0, 0.05) is 10.9 Å². The molecule has 32 heavy (non-hydrogen) atoms. The summed E-state index contributed by atoms with van der Waals surface area (Å²) < 4.78 is 12.3. The van der Waals surface area contributed by atoms with Crippen molar-refractivity contribution in [2.24, 2.45) is 0 Å². The third-order valence-corrected chi connectivity index (χ3v) is 5.92. The number of carbonyl (C=O) groups excluding carboxylic acids is 1. The van der Waals surface area contributed by atoms with E-state index in [2.05, 4.69) is 20.4 Å². The zero-order valence-corrected chi connectivity index (χ0v) is 18.8. The fraction of sp³-hybridized carbons (Fsp3) is 0.217. The zero-order valence-electron chi connectivity index (χ0n) is 18.0. The number of amides is 1. The van der Waals surface area contributed by atoms with Gasteiger partial charge in [-0.05, 0) is 42.8 Å². The average molecular weight is 450 g/mol. The molecule has 1 atom stereocenters. The maximum atomic E-state index is 12.6. The summed E-state index contributed by atoms with van der Waals surface area (Å²) in [5.74, 6) is 1.22. The molecule has 0 fully saturated rings. The van der Waals surface area contributed by atoms with Gasteiger partial charge in [0.2, 0.25) is 5.91 Å². The van der Waals surface area contributed by atoms with Gasteiger partial charge in [-0.2, -0.15) is 5.10 Å². The number of rotatable bonds is 8. The average Bonchev–Trinajstić information content (AvgIpc) is 3.51. The number of nitrogens with zero attached hydrogens (tertiary/aromatic N) is 4. The van der Waals surface area contributed by atoms with Gasteiger partial charge in [0.05, 0.1) is 38.1 Å². The van der Waals surface area contributed by atoms with E-state index in [0.29, 0.717) is 11.5 Å². The van der Waals surface area contributed by atoms with Crippen molar-refractivity contribution in [3.63, 3.8) is 0 Å². The topological polar surface area (TPSA) is 91.2 Å². The molecule has 1 amide bonds. The van der Waals surface area contributed by atoms with Crippen LogP contribution in [-0.2, 0) is 11.2 Å². The van der Waals surface area contributed by atoms with Crippen LogP contribution in [0, 0.1) is 0 Å². The first-order chi connectivity index (χ1) is 15.6. The Kier molecular flexibility index (Phi) is 6.46. The number of benzene rings is 2. The highest BCUT2D eigenvalue weighted by Crippen LogP contribution is 2.33. The minimum absolute atomic E-state index is 0.0815. The minimum Gasteiger partial charge on any atom is -0.493 e. The molecule has 0 radical (unpaired) electrons. The molecule has 164 valence electrons. The lowest BCUT2D eigenvalue weighted by Gasteiger charge is -2.14. The van der Waals surface area contributed by atoms with Crippen molar-refractivity contribution in [1.82, 2.24) is 25.1 Å². The number of nitrogens with one attached hydrogen (secondary N) is 1. The maximum Gasteiger partial charge on any atom is 0.226 e. The summed E-state index contributed by atoms with van der Waals surface area (Å²) in [7, 11) is 3.20. The fourth-order valence-corrected chi connectivity index (χ4v) is 4.10. The van der Waals surface area contributed by atoms with Crippen LogP contribution in [0.4, 0.5) is 0 Å². The normalized spacial score (nSPS) is 11.7. The highest BCUT2D eigenvalue weighted by Gasteiger charge is 2.14. The van der Waals surface area contributed by atoms with E-state index in [0.717, 1.165) is 27.5 Å². The number of thiazole rings is 1. The molecule has 8 nitrogen and oxygen atoms in total. The smallest absolute Gasteiger partial charge is 0.226 e. The molecule has 1 N–H and O–H groups in total. The molecule has 2 heterocycles. The van der Waals surface area contributed by atoms with Gasteiger partial charge in [0.1, 0.15) is 17.7 Å². The summed E-state index contributed by atoms with van der Waals surface area (Å²) in [5.41, 5.74) is 3.56. The van der Waals surface area contributed by atoms with E-state index >= 15 is 0 Å². The molecule has 4 aromatic rings. The standard InChI is InChI=1S/C23H23N5O3S/c1-15(16-4-7-19(8-5-16)28-14-24-13-25-28)26-22(29)11-18-12-32-23(27-18)17-6-9-20(30-2)21(10-17)31-3/h4-10,12-15H,11H2,1-3H3,(H,26,29). The van der Waals surface area contributed by atoms with Crippen LogP contribution >= 0.6 is 11.3 Å². The number of carbonyl (C=O) groups is 1. The van der Waals surface area contributed by atoms with Crippen molar-refractivity contribution in [2.45, 2.75) is 19.4 Å². The maximum absolute atomic E-state index is 12.6. The van der Waals surface area contributed by atoms with Crippen LogP contribution in [-0.4, -0.2) is 39.9 Å². The van der Waals surface area contributed by atoms with Gasteiger partial charge in [-0.1, -0.05) is 12.1 Å². The third kappa shape index (κ3) is 4.78. The lowest BCUT2D eigenvalue weighted by molar-refractivity contribution is -0.121. The van der Waals surface area contributed by atoms with Crippen molar-refractivity contribution in [2.75, 3.05) is 14.2 Å². The van der Waals surface area contributed by atoms with Gasteiger partial charge in [-0.15, -0.1) is 11.3 Å². The lowest BCUT2D eigenvalue weighted by Crippen LogP contribution is -2.28. The summed E-state index contributed by atoms with van der Waals surface area (Å²) in [4.78, 5) is 21.1. The molecular weight excluding hydrogens is 426 g/mol. The highest BCUT2D eigenvalue weighted by atomic mass is 32.1. The number of ether oxygens (including phenoxy) is 2. The Morgan fingerprint density at radius 3 is 2.59 bits per heavy atom. The van der Waals surface area contributed by atoms with Crippen LogP contribution in [0.3, 0.4) is 0 Å². The largest absolute Gasteiger partial charge is 0.493 e. The zero-order chi connectivity index (χ0) is 22.5. The molecule has 2 aromatic heterocycles. The Bertz CT molecular complexity index is 1190. The van der Waals surface area contributed by atoms with Crippen LogP contribution in [0.1, 0.15) is 24.2 Å². The van der Waals surface area contributed by atoms with Crippen LogP contribution in [0.15, 0.2) is 60.5 Å². The summed E-state index contributed by atoms with van der Waals surface area (Å²) >= 11 is 1.49. The van der Waals surface area contributed by atoms with Gasteiger partial charge in [0.15, 0.2) is 11.5 Å². The van der Waals surface area contributed by atoms with Gasteiger partial charge >= 0.3 is 0 Å². The second kappa shape index (κ2) is 9.61. The summed E-state index contributed by atoms with van der Waals surface area (Å²) in [5, 5.41) is 9.88. The van der Waals surface area contributed by atoms with Crippen molar-refractivity contribution in [3.8, 4) is 27.8 Å². The molecular formula is C23H23N5O3S. The van der Waals surface area contributed by atoms with E-state index in [1.807, 2.05) is 54.8 Å². The van der Waals surface area contributed by atoms with E-state index in [1.54, 1.807) is 25.2 Å². The molecule has 4 rings (SSSR count). The van der Waals surface area contributed by atoms with Crippen molar-refractivity contribution in [3.05, 3.63) is 71.8 Å². The quantitative estimate of drug-likeness (QED) is 0.440. The van der Waals surface area contributed by atoms with E-state index in [4.69, 9.17) is 9.47 Å². The van der Waals surface area contributed by atoms with Gasteiger partial charge in [0.25, 0.3) is 0 Å². The van der Waals surface area contributed by atoms with Crippen LogP contribution in [0.25, 0.3) is 16.3 Å². The fourth-order valence-electron chi connectivity index (χ4n) is 3.29. The van der Waals surface area contributed by atoms with Crippen LogP contribution in [0.5, 0.6) is 11.5 Å². The van der Waals surface area contributed by atoms with Crippen molar-refractivity contribution >= 4 is 17.2 Å². The van der Waals surface area contributed by atoms with Crippen molar-refractivity contribution < 1.29 is 14.3 Å². The second-order valence-electron chi connectivity index (χ2n) is 7.11. The summed E-state index contributed by atoms with van der Waals surface area (Å²) in [6.45, 7) is 1.96. The monoisotopic (exact) mass is 449 g/mol. The van der Waals surface area contributed by atoms with Gasteiger partial charge in [-0.3, -0.25) is 4.79 Å². The predicted octanol–water partition coefficient (Wildman–Crippen LogP) is 3.83. The number of hydrogen-bond acceptors (Lipinski definition) is 7. The molecule has 0 saturated heterocycles. The SMILES string of the molecule is COc1ccc(-c2nc(CC(=O)NC(C)c3ccc(-n4cncn4)cc3)cs2)cc1OC. The molecule has 1 unspecified atom stereocenters. The molecule has 9 heteroatoms. The Balaban J connectivity index is 1.38. The molecule has 0 aliphatic carbocycles. The Hall–Kier alpha value is -3.72. The molecule has 0 aliphatic rings. The first-order valence-corrected chi connectivity index (χ1v) is 10.9. The Morgan fingerprint density at radius 2 is 1.91 bits per heavy atom. The highest BCUT2D eigenvalue weighted by molar-refractivity contribution is 7.13. The second-order valence-corrected chi connectivity index (χ2v) is 7.97. The first-order valence-electron chi connectivity index (χ1n) is 9.98. The number of aromatic nitrogens is 4. The third-order valence-electron chi connectivity index (χ3n) is 4.98. The van der Waals surface area contributed by atoms with Crippen LogP contribution in [0.2, 0.25) is 0 Å². The predicted molar refractivity (Wildman–Crippen MR) is 122 cm³/mol. The lowest BCUT2D eigenvalue weighted by atomic mass is 10.1. The summed E-state index contributed by atoms with van der Waals surface area (Å²) in [6, 6.07) is 13.4. The number of hydrogen-bond donors (Lipinski definition) is 1. The van der Waals surface area contributed by atoms with E-state index < -0.39 is 0 Å². The Labute approximate surface area is 189 Å². The Morgan fingerprint density at radius 1 is 1.12 bits per heavy atom. The first kappa shape index (κ1) is 21.5. The van der Waals surface area contributed by atoms with E-state index in [-0.39, 0.29) is 18.4 Å². The molecule has 0 aliphatic heterocycles. The minimum atomic E-state index is -0.128. The number of methoxy groups -OCH3 is 2. The van der Waals surface area contributed by atoms with E-state index in [1.165, 1.54) is 17.7 Å².